The van der Waals surface area contributed by atoms with Gasteiger partial charge in [0.05, 0.1) is 11.6 Å². The Kier molecular flexibility index (Phi) is 4.81. The van der Waals surface area contributed by atoms with E-state index in [9.17, 15) is 4.79 Å². The molecule has 1 saturated heterocycles. The number of nitrogens with zero attached hydrogens (tertiary/aromatic N) is 3. The monoisotopic (exact) mass is 278 g/mol. The van der Waals surface area contributed by atoms with Gasteiger partial charge >= 0.3 is 0 Å². The molecule has 0 saturated carbocycles. The highest BCUT2D eigenvalue weighted by Gasteiger charge is 2.40. The molecule has 5 heteroatoms. The summed E-state index contributed by atoms with van der Waals surface area (Å²) in [7, 11) is 3.81. The van der Waals surface area contributed by atoms with Crippen LogP contribution in [0.25, 0.3) is 0 Å². The van der Waals surface area contributed by atoms with E-state index in [0.29, 0.717) is 12.5 Å². The summed E-state index contributed by atoms with van der Waals surface area (Å²) in [6.45, 7) is 4.71. The van der Waals surface area contributed by atoms with Crippen LogP contribution in [0, 0.1) is 5.41 Å². The van der Waals surface area contributed by atoms with Crippen LogP contribution in [-0.4, -0.2) is 40.7 Å². The third kappa shape index (κ3) is 3.20. The second-order valence-corrected chi connectivity index (χ2v) is 5.96. The van der Waals surface area contributed by atoms with Gasteiger partial charge in [-0.3, -0.25) is 9.48 Å². The van der Waals surface area contributed by atoms with Crippen molar-refractivity contribution in [3.05, 3.63) is 18.0 Å². The number of amides is 1. The van der Waals surface area contributed by atoms with Gasteiger partial charge in [-0.2, -0.15) is 5.10 Å². The van der Waals surface area contributed by atoms with Crippen LogP contribution in [-0.2, 0) is 18.4 Å². The number of aromatic nitrogens is 2. The molecule has 1 aliphatic rings. The summed E-state index contributed by atoms with van der Waals surface area (Å²) < 4.78 is 1.78. The topological polar surface area (TPSA) is 50.2 Å². The molecule has 0 unspecified atom stereocenters. The Morgan fingerprint density at radius 2 is 2.20 bits per heavy atom. The van der Waals surface area contributed by atoms with Crippen molar-refractivity contribution >= 4 is 5.91 Å². The highest BCUT2D eigenvalue weighted by Crippen LogP contribution is 2.36. The minimum Gasteiger partial charge on any atom is -0.341 e. The lowest BCUT2D eigenvalue weighted by Gasteiger charge is -2.39. The lowest BCUT2D eigenvalue weighted by Crippen LogP contribution is -2.47. The Bertz CT molecular complexity index is 443. The Balaban J connectivity index is 2.06. The fourth-order valence-corrected chi connectivity index (χ4v) is 3.26. The minimum atomic E-state index is -0.156. The molecule has 0 atom stereocenters. The molecule has 1 aromatic rings. The largest absolute Gasteiger partial charge is 0.341 e. The first kappa shape index (κ1) is 15.0. The van der Waals surface area contributed by atoms with E-state index in [1.165, 1.54) is 0 Å². The van der Waals surface area contributed by atoms with E-state index in [0.717, 1.165) is 44.3 Å². The first-order valence-electron chi connectivity index (χ1n) is 7.51. The van der Waals surface area contributed by atoms with E-state index in [4.69, 9.17) is 0 Å². The molecule has 1 N–H and O–H groups in total. The first-order chi connectivity index (χ1) is 9.57. The van der Waals surface area contributed by atoms with Crippen molar-refractivity contribution in [3.63, 3.8) is 0 Å². The zero-order chi connectivity index (χ0) is 14.6. The first-order valence-corrected chi connectivity index (χ1v) is 7.51. The molecule has 0 aromatic carbocycles. The summed E-state index contributed by atoms with van der Waals surface area (Å²) >= 11 is 0. The zero-order valence-corrected chi connectivity index (χ0v) is 12.9. The van der Waals surface area contributed by atoms with Crippen molar-refractivity contribution in [2.45, 2.75) is 39.2 Å². The summed E-state index contributed by atoms with van der Waals surface area (Å²) in [4.78, 5) is 14.8. The van der Waals surface area contributed by atoms with Crippen LogP contribution in [0.2, 0.25) is 0 Å². The summed E-state index contributed by atoms with van der Waals surface area (Å²) in [6.07, 6.45) is 7.77. The van der Waals surface area contributed by atoms with Gasteiger partial charge in [-0.1, -0.05) is 13.3 Å². The molecule has 1 aliphatic heterocycles. The fourth-order valence-electron chi connectivity index (χ4n) is 3.26. The Morgan fingerprint density at radius 3 is 2.75 bits per heavy atom. The summed E-state index contributed by atoms with van der Waals surface area (Å²) in [5.41, 5.74) is 0.931. The summed E-state index contributed by atoms with van der Waals surface area (Å²) in [5.74, 6) is 0.296. The standard InChI is InChI=1S/C15H26N4O/c1-4-5-15(6-8-16-9-7-15)14(20)18(2)11-13-10-17-19(3)12-13/h10,12,16H,4-9,11H2,1-3H3. The van der Waals surface area contributed by atoms with E-state index >= 15 is 0 Å². The number of hydrogen-bond acceptors (Lipinski definition) is 3. The van der Waals surface area contributed by atoms with E-state index in [2.05, 4.69) is 17.3 Å². The average Bonchev–Trinajstić information content (AvgIpc) is 2.84. The van der Waals surface area contributed by atoms with Crippen LogP contribution in [0.3, 0.4) is 0 Å². The van der Waals surface area contributed by atoms with Crippen LogP contribution in [0.5, 0.6) is 0 Å². The molecule has 0 spiro atoms. The molecule has 2 rings (SSSR count). The van der Waals surface area contributed by atoms with Crippen molar-refractivity contribution < 1.29 is 4.79 Å². The van der Waals surface area contributed by atoms with Crippen LogP contribution in [0.15, 0.2) is 12.4 Å². The molecule has 5 nitrogen and oxygen atoms in total. The van der Waals surface area contributed by atoms with Gasteiger partial charge in [0, 0.05) is 32.4 Å². The lowest BCUT2D eigenvalue weighted by molar-refractivity contribution is -0.143. The number of nitrogens with one attached hydrogen (secondary N) is 1. The van der Waals surface area contributed by atoms with Crippen molar-refractivity contribution in [2.75, 3.05) is 20.1 Å². The normalized spacial score (nSPS) is 17.9. The molecule has 20 heavy (non-hydrogen) atoms. The number of aryl methyl sites for hydroxylation is 1. The molecule has 112 valence electrons. The van der Waals surface area contributed by atoms with Gasteiger partial charge in [0.25, 0.3) is 0 Å². The van der Waals surface area contributed by atoms with Crippen LogP contribution in [0.4, 0.5) is 0 Å². The van der Waals surface area contributed by atoms with Crippen LogP contribution in [0.1, 0.15) is 38.2 Å². The molecule has 2 heterocycles. The molecule has 0 bridgehead atoms. The molecular formula is C15H26N4O. The van der Waals surface area contributed by atoms with Crippen molar-refractivity contribution in [1.82, 2.24) is 20.0 Å². The van der Waals surface area contributed by atoms with Crippen LogP contribution >= 0.6 is 0 Å². The molecular weight excluding hydrogens is 252 g/mol. The van der Waals surface area contributed by atoms with Gasteiger partial charge in [-0.05, 0) is 32.4 Å². The van der Waals surface area contributed by atoms with E-state index in [-0.39, 0.29) is 5.41 Å². The lowest BCUT2D eigenvalue weighted by atomic mass is 9.74. The third-order valence-corrected chi connectivity index (χ3v) is 4.27. The number of piperidine rings is 1. The van der Waals surface area contributed by atoms with E-state index in [1.54, 1.807) is 4.68 Å². The molecule has 1 aromatic heterocycles. The van der Waals surface area contributed by atoms with Gasteiger partial charge in [-0.15, -0.1) is 0 Å². The maximum atomic E-state index is 12.9. The van der Waals surface area contributed by atoms with Gasteiger partial charge in [0.15, 0.2) is 0 Å². The molecule has 1 amide bonds. The second kappa shape index (κ2) is 6.39. The predicted molar refractivity (Wildman–Crippen MR) is 79.1 cm³/mol. The quantitative estimate of drug-likeness (QED) is 0.889. The minimum absolute atomic E-state index is 0.156. The molecule has 0 radical (unpaired) electrons. The van der Waals surface area contributed by atoms with Crippen molar-refractivity contribution in [3.8, 4) is 0 Å². The molecule has 1 fully saturated rings. The predicted octanol–water partition coefficient (Wildman–Crippen LogP) is 1.55. The van der Waals surface area contributed by atoms with Crippen molar-refractivity contribution in [2.24, 2.45) is 12.5 Å². The summed E-state index contributed by atoms with van der Waals surface area (Å²) in [6, 6.07) is 0. The smallest absolute Gasteiger partial charge is 0.228 e. The Labute approximate surface area is 121 Å². The summed E-state index contributed by atoms with van der Waals surface area (Å²) in [5, 5.41) is 7.52. The third-order valence-electron chi connectivity index (χ3n) is 4.27. The van der Waals surface area contributed by atoms with Gasteiger partial charge in [0.2, 0.25) is 5.91 Å². The maximum Gasteiger partial charge on any atom is 0.228 e. The number of carbonyl (C=O) groups excluding carboxylic acids is 1. The Morgan fingerprint density at radius 1 is 1.50 bits per heavy atom. The highest BCUT2D eigenvalue weighted by molar-refractivity contribution is 5.82. The second-order valence-electron chi connectivity index (χ2n) is 5.96. The van der Waals surface area contributed by atoms with E-state index in [1.807, 2.05) is 31.4 Å². The average molecular weight is 278 g/mol. The maximum absolute atomic E-state index is 12.9. The van der Waals surface area contributed by atoms with Gasteiger partial charge in [0.1, 0.15) is 0 Å². The van der Waals surface area contributed by atoms with Gasteiger partial charge in [-0.25, -0.2) is 0 Å². The van der Waals surface area contributed by atoms with Crippen LogP contribution < -0.4 is 5.32 Å². The molecule has 0 aliphatic carbocycles. The highest BCUT2D eigenvalue weighted by atomic mass is 16.2. The number of hydrogen-bond donors (Lipinski definition) is 1. The number of carbonyl (C=O) groups is 1. The van der Waals surface area contributed by atoms with Crippen molar-refractivity contribution in [1.29, 1.82) is 0 Å². The zero-order valence-electron chi connectivity index (χ0n) is 12.9. The Hall–Kier alpha value is -1.36. The SMILES string of the molecule is CCCC1(C(=O)N(C)Cc2cnn(C)c2)CCNCC1. The number of rotatable bonds is 5. The van der Waals surface area contributed by atoms with E-state index < -0.39 is 0 Å². The fraction of sp³-hybridized carbons (Fsp3) is 0.733. The van der Waals surface area contributed by atoms with Gasteiger partial charge < -0.3 is 10.2 Å².